The molecule has 0 atom stereocenters. The van der Waals surface area contributed by atoms with E-state index in [0.29, 0.717) is 0 Å². The van der Waals surface area contributed by atoms with Gasteiger partial charge in [0, 0.05) is 29.4 Å². The van der Waals surface area contributed by atoms with Crippen molar-refractivity contribution in [1.29, 1.82) is 0 Å². The van der Waals surface area contributed by atoms with E-state index >= 15 is 0 Å². The summed E-state index contributed by atoms with van der Waals surface area (Å²) >= 11 is 1.79. The third-order valence-electron chi connectivity index (χ3n) is 3.32. The molecule has 0 unspecified atom stereocenters. The quantitative estimate of drug-likeness (QED) is 0.832. The molecule has 3 rings (SSSR count). The number of nitrogens with one attached hydrogen (secondary N) is 1. The Kier molecular flexibility index (Phi) is 4.16. The minimum Gasteiger partial charge on any atom is -0.493 e. The largest absolute Gasteiger partial charge is 0.493 e. The van der Waals surface area contributed by atoms with E-state index in [1.807, 2.05) is 6.07 Å². The standard InChI is InChI=1S/C16H19NOS/c1-2-6-16(13(4-1)12-17-14-7-8-14)18-10-9-15-5-3-11-19-15/h1-6,11,14,17H,7-10,12H2. The van der Waals surface area contributed by atoms with Crippen LogP contribution in [0.15, 0.2) is 41.8 Å². The number of ether oxygens (including phenoxy) is 1. The first kappa shape index (κ1) is 12.7. The summed E-state index contributed by atoms with van der Waals surface area (Å²) < 4.78 is 5.93. The lowest BCUT2D eigenvalue weighted by atomic mass is 10.2. The summed E-state index contributed by atoms with van der Waals surface area (Å²) in [5.41, 5.74) is 1.26. The second-order valence-electron chi connectivity index (χ2n) is 4.94. The van der Waals surface area contributed by atoms with Gasteiger partial charge in [0.15, 0.2) is 0 Å². The van der Waals surface area contributed by atoms with Crippen molar-refractivity contribution < 1.29 is 4.74 Å². The number of hydrogen-bond acceptors (Lipinski definition) is 3. The van der Waals surface area contributed by atoms with E-state index in [9.17, 15) is 0 Å². The van der Waals surface area contributed by atoms with E-state index in [1.54, 1.807) is 11.3 Å². The van der Waals surface area contributed by atoms with Crippen LogP contribution in [0.5, 0.6) is 5.75 Å². The van der Waals surface area contributed by atoms with Gasteiger partial charge in [-0.1, -0.05) is 24.3 Å². The Morgan fingerprint density at radius 3 is 2.84 bits per heavy atom. The summed E-state index contributed by atoms with van der Waals surface area (Å²) in [5, 5.41) is 5.65. The molecular weight excluding hydrogens is 254 g/mol. The first-order valence-corrected chi connectivity index (χ1v) is 7.76. The molecule has 1 aromatic heterocycles. The van der Waals surface area contributed by atoms with Crippen LogP contribution < -0.4 is 10.1 Å². The summed E-state index contributed by atoms with van der Waals surface area (Å²) in [6, 6.07) is 13.3. The number of thiophene rings is 1. The molecule has 1 saturated carbocycles. The summed E-state index contributed by atoms with van der Waals surface area (Å²) in [6.45, 7) is 1.67. The van der Waals surface area contributed by atoms with Gasteiger partial charge in [0.25, 0.3) is 0 Å². The molecule has 0 spiro atoms. The Hall–Kier alpha value is -1.32. The van der Waals surface area contributed by atoms with Crippen LogP contribution in [0.3, 0.4) is 0 Å². The van der Waals surface area contributed by atoms with Gasteiger partial charge in [0.05, 0.1) is 6.61 Å². The SMILES string of the molecule is c1csc(CCOc2ccccc2CNC2CC2)c1. The molecule has 1 fully saturated rings. The average molecular weight is 273 g/mol. The van der Waals surface area contributed by atoms with Crippen molar-refractivity contribution in [2.45, 2.75) is 31.8 Å². The maximum atomic E-state index is 5.93. The van der Waals surface area contributed by atoms with Crippen molar-refractivity contribution in [3.8, 4) is 5.75 Å². The molecule has 0 amide bonds. The highest BCUT2D eigenvalue weighted by Crippen LogP contribution is 2.22. The molecule has 2 nitrogen and oxygen atoms in total. The fourth-order valence-corrected chi connectivity index (χ4v) is 2.74. The van der Waals surface area contributed by atoms with Gasteiger partial charge in [-0.25, -0.2) is 0 Å². The third-order valence-corrected chi connectivity index (χ3v) is 4.25. The van der Waals surface area contributed by atoms with Crippen LogP contribution in [0.25, 0.3) is 0 Å². The predicted molar refractivity (Wildman–Crippen MR) is 79.8 cm³/mol. The first-order valence-electron chi connectivity index (χ1n) is 6.88. The first-order chi connectivity index (χ1) is 9.42. The Morgan fingerprint density at radius 2 is 2.05 bits per heavy atom. The second-order valence-corrected chi connectivity index (χ2v) is 5.97. The molecule has 0 radical (unpaired) electrons. The highest BCUT2D eigenvalue weighted by molar-refractivity contribution is 7.09. The molecule has 1 aliphatic carbocycles. The van der Waals surface area contributed by atoms with E-state index in [2.05, 4.69) is 41.0 Å². The maximum absolute atomic E-state index is 5.93. The van der Waals surface area contributed by atoms with Gasteiger partial charge in [-0.15, -0.1) is 11.3 Å². The molecule has 1 aliphatic rings. The zero-order valence-corrected chi connectivity index (χ0v) is 11.8. The predicted octanol–water partition coefficient (Wildman–Crippen LogP) is 3.62. The molecule has 2 aromatic rings. The monoisotopic (exact) mass is 273 g/mol. The van der Waals surface area contributed by atoms with Crippen molar-refractivity contribution in [2.24, 2.45) is 0 Å². The van der Waals surface area contributed by atoms with Gasteiger partial charge >= 0.3 is 0 Å². The van der Waals surface area contributed by atoms with Crippen LogP contribution >= 0.6 is 11.3 Å². The van der Waals surface area contributed by atoms with Crippen LogP contribution in [0.1, 0.15) is 23.3 Å². The summed E-state index contributed by atoms with van der Waals surface area (Å²) in [4.78, 5) is 1.38. The highest BCUT2D eigenvalue weighted by atomic mass is 32.1. The molecule has 0 aliphatic heterocycles. The van der Waals surface area contributed by atoms with Crippen molar-refractivity contribution in [3.63, 3.8) is 0 Å². The lowest BCUT2D eigenvalue weighted by Gasteiger charge is -2.11. The normalized spacial score (nSPS) is 14.5. The zero-order chi connectivity index (χ0) is 12.9. The number of hydrogen-bond donors (Lipinski definition) is 1. The number of rotatable bonds is 7. The van der Waals surface area contributed by atoms with Crippen LogP contribution in [-0.2, 0) is 13.0 Å². The van der Waals surface area contributed by atoms with Crippen molar-refractivity contribution in [1.82, 2.24) is 5.32 Å². The van der Waals surface area contributed by atoms with Gasteiger partial charge < -0.3 is 10.1 Å². The molecule has 0 bridgehead atoms. The van der Waals surface area contributed by atoms with Crippen molar-refractivity contribution in [2.75, 3.05) is 6.61 Å². The third kappa shape index (κ3) is 3.82. The smallest absolute Gasteiger partial charge is 0.123 e. The van der Waals surface area contributed by atoms with Gasteiger partial charge in [-0.3, -0.25) is 0 Å². The summed E-state index contributed by atoms with van der Waals surface area (Å²) in [7, 11) is 0. The molecule has 19 heavy (non-hydrogen) atoms. The van der Waals surface area contributed by atoms with Gasteiger partial charge in [0.1, 0.15) is 5.75 Å². The van der Waals surface area contributed by atoms with Crippen molar-refractivity contribution >= 4 is 11.3 Å². The molecule has 3 heteroatoms. The fourth-order valence-electron chi connectivity index (χ4n) is 2.05. The topological polar surface area (TPSA) is 21.3 Å². The zero-order valence-electron chi connectivity index (χ0n) is 11.0. The Bertz CT molecular complexity index is 505. The summed E-state index contributed by atoms with van der Waals surface area (Å²) in [6.07, 6.45) is 3.63. The Balaban J connectivity index is 1.53. The van der Waals surface area contributed by atoms with E-state index in [4.69, 9.17) is 4.74 Å². The van der Waals surface area contributed by atoms with Crippen LogP contribution in [0, 0.1) is 0 Å². The minimum absolute atomic E-state index is 0.735. The second kappa shape index (κ2) is 6.22. The highest BCUT2D eigenvalue weighted by Gasteiger charge is 2.20. The van der Waals surface area contributed by atoms with E-state index in [1.165, 1.54) is 23.3 Å². The Labute approximate surface area is 118 Å². The van der Waals surface area contributed by atoms with Gasteiger partial charge in [-0.2, -0.15) is 0 Å². The lowest BCUT2D eigenvalue weighted by molar-refractivity contribution is 0.318. The average Bonchev–Trinajstić information content (AvgIpc) is 3.13. The van der Waals surface area contributed by atoms with Gasteiger partial charge in [-0.05, 0) is 30.4 Å². The van der Waals surface area contributed by atoms with E-state index < -0.39 is 0 Å². The van der Waals surface area contributed by atoms with Crippen LogP contribution in [-0.4, -0.2) is 12.6 Å². The molecular formula is C16H19NOS. The minimum atomic E-state index is 0.735. The lowest BCUT2D eigenvalue weighted by Crippen LogP contribution is -2.16. The number of benzene rings is 1. The van der Waals surface area contributed by atoms with Crippen LogP contribution in [0.2, 0.25) is 0 Å². The fraction of sp³-hybridized carbons (Fsp3) is 0.375. The number of para-hydroxylation sites is 1. The van der Waals surface area contributed by atoms with E-state index in [0.717, 1.165) is 31.4 Å². The molecule has 1 aromatic carbocycles. The van der Waals surface area contributed by atoms with Crippen molar-refractivity contribution in [3.05, 3.63) is 52.2 Å². The maximum Gasteiger partial charge on any atom is 0.123 e. The van der Waals surface area contributed by atoms with Crippen LogP contribution in [0.4, 0.5) is 0 Å². The van der Waals surface area contributed by atoms with Gasteiger partial charge in [0.2, 0.25) is 0 Å². The summed E-state index contributed by atoms with van der Waals surface area (Å²) in [5.74, 6) is 1.02. The molecule has 1 heterocycles. The molecule has 100 valence electrons. The Morgan fingerprint density at radius 1 is 1.16 bits per heavy atom. The molecule has 0 saturated heterocycles. The van der Waals surface area contributed by atoms with E-state index in [-0.39, 0.29) is 0 Å². The molecule has 1 N–H and O–H groups in total.